The number of rotatable bonds is 4. The molecule has 0 amide bonds. The molecule has 2 heteroatoms. The first-order valence-electron chi connectivity index (χ1n) is 16.4. The zero-order chi connectivity index (χ0) is 30.8. The maximum atomic E-state index is 6.69. The summed E-state index contributed by atoms with van der Waals surface area (Å²) in [4.78, 5) is 0. The van der Waals surface area contributed by atoms with Gasteiger partial charge in [0.15, 0.2) is 0 Å². The average molecular weight is 589 g/mol. The molecule has 1 heterocycles. The van der Waals surface area contributed by atoms with Crippen molar-refractivity contribution in [3.63, 3.8) is 0 Å². The van der Waals surface area contributed by atoms with E-state index >= 15 is 0 Å². The zero-order valence-electron chi connectivity index (χ0n) is 26.2. The lowest BCUT2D eigenvalue weighted by molar-refractivity contribution is 0.669. The topological polar surface area (TPSA) is 13.1 Å². The molecular weight excluding hydrogens is 555 g/mol. The molecule has 0 unspecified atom stereocenters. The van der Waals surface area contributed by atoms with E-state index in [1.165, 1.54) is 76.5 Å². The van der Waals surface area contributed by atoms with E-state index in [0.29, 0.717) is 0 Å². The lowest BCUT2D eigenvalue weighted by Crippen LogP contribution is -2.54. The van der Waals surface area contributed by atoms with Gasteiger partial charge in [-0.2, -0.15) is 0 Å². The van der Waals surface area contributed by atoms with E-state index in [2.05, 4.69) is 153 Å². The second-order valence-electron chi connectivity index (χ2n) is 12.8. The minimum Gasteiger partial charge on any atom is -0.455 e. The number of fused-ring (bicyclic) bond motifs is 7. The molecule has 7 aromatic carbocycles. The number of hydrogen-bond donors (Lipinski definition) is 0. The molecule has 0 atom stereocenters. The second kappa shape index (κ2) is 10.6. The van der Waals surface area contributed by atoms with Gasteiger partial charge in [0, 0.05) is 16.3 Å². The normalized spacial score (nSPS) is 12.7. The summed E-state index contributed by atoms with van der Waals surface area (Å²) in [5, 5.41) is 7.58. The van der Waals surface area contributed by atoms with Gasteiger partial charge in [-0.05, 0) is 71.0 Å². The molecule has 0 saturated heterocycles. The molecule has 8 aromatic rings. The van der Waals surface area contributed by atoms with Gasteiger partial charge in [0.1, 0.15) is 11.2 Å². The van der Waals surface area contributed by atoms with E-state index in [1.807, 2.05) is 0 Å². The van der Waals surface area contributed by atoms with Crippen LogP contribution in [-0.4, -0.2) is 6.71 Å². The van der Waals surface area contributed by atoms with Crippen LogP contribution in [0.25, 0.3) is 60.7 Å². The van der Waals surface area contributed by atoms with Gasteiger partial charge in [-0.1, -0.05) is 161 Å². The molecule has 218 valence electrons. The Hall–Kier alpha value is -5.34. The van der Waals surface area contributed by atoms with E-state index < -0.39 is 0 Å². The molecule has 9 rings (SSSR count). The first-order chi connectivity index (χ1) is 22.7. The minimum absolute atomic E-state index is 0.0455. The smallest absolute Gasteiger partial charge is 0.243 e. The first kappa shape index (κ1) is 27.0. The van der Waals surface area contributed by atoms with Gasteiger partial charge in [0.2, 0.25) is 6.71 Å². The van der Waals surface area contributed by atoms with Crippen LogP contribution in [0.2, 0.25) is 0 Å². The SMILES string of the molecule is Cc1ccc2ccccc2c1B(c1cccc(-c2cccc3c2oc2ccc4c(c23)C=CCC4)c1)c1c(C)ccc2ccccc12. The van der Waals surface area contributed by atoms with E-state index in [-0.39, 0.29) is 6.71 Å². The summed E-state index contributed by atoms with van der Waals surface area (Å²) >= 11 is 0. The average Bonchev–Trinajstić information content (AvgIpc) is 3.50. The number of aryl methyl sites for hydroxylation is 3. The molecule has 0 spiro atoms. The van der Waals surface area contributed by atoms with Crippen LogP contribution in [0, 0.1) is 13.8 Å². The molecule has 0 N–H and O–H groups in total. The van der Waals surface area contributed by atoms with Crippen LogP contribution in [0.3, 0.4) is 0 Å². The molecule has 0 saturated carbocycles. The van der Waals surface area contributed by atoms with Crippen LogP contribution in [-0.2, 0) is 6.42 Å². The molecule has 1 aliphatic rings. The molecule has 1 aromatic heterocycles. The summed E-state index contributed by atoms with van der Waals surface area (Å²) in [5.74, 6) is 0. The maximum absolute atomic E-state index is 6.69. The van der Waals surface area contributed by atoms with Crippen molar-refractivity contribution in [1.82, 2.24) is 0 Å². The van der Waals surface area contributed by atoms with Gasteiger partial charge in [0.25, 0.3) is 0 Å². The van der Waals surface area contributed by atoms with Crippen molar-refractivity contribution >= 4 is 72.7 Å². The maximum Gasteiger partial charge on any atom is 0.243 e. The van der Waals surface area contributed by atoms with Crippen molar-refractivity contribution < 1.29 is 4.42 Å². The molecule has 0 aliphatic heterocycles. The molecule has 0 bridgehead atoms. The second-order valence-corrected chi connectivity index (χ2v) is 12.8. The number of para-hydroxylation sites is 1. The summed E-state index contributed by atoms with van der Waals surface area (Å²) < 4.78 is 6.69. The fourth-order valence-corrected chi connectivity index (χ4v) is 7.97. The van der Waals surface area contributed by atoms with Crippen molar-refractivity contribution in [2.75, 3.05) is 0 Å². The van der Waals surface area contributed by atoms with Crippen LogP contribution in [0.15, 0.2) is 138 Å². The lowest BCUT2D eigenvalue weighted by atomic mass is 9.34. The number of benzene rings is 7. The Labute approximate surface area is 269 Å². The van der Waals surface area contributed by atoms with Crippen molar-refractivity contribution in [2.24, 2.45) is 0 Å². The molecule has 1 nitrogen and oxygen atoms in total. The quantitative estimate of drug-likeness (QED) is 0.187. The Balaban J connectivity index is 1.31. The Kier molecular flexibility index (Phi) is 6.25. The molecule has 0 fully saturated rings. The predicted octanol–water partition coefficient (Wildman–Crippen LogP) is 9.65. The Morgan fingerprint density at radius 3 is 2.02 bits per heavy atom. The van der Waals surface area contributed by atoms with E-state index in [1.54, 1.807) is 0 Å². The highest BCUT2D eigenvalue weighted by Gasteiger charge is 2.29. The number of allylic oxidation sites excluding steroid dienone is 1. The van der Waals surface area contributed by atoms with Crippen molar-refractivity contribution in [3.05, 3.63) is 156 Å². The summed E-state index contributed by atoms with van der Waals surface area (Å²) in [5.41, 5.74) is 13.6. The summed E-state index contributed by atoms with van der Waals surface area (Å²) in [6.45, 7) is 4.58. The lowest BCUT2D eigenvalue weighted by Gasteiger charge is -2.24. The molecule has 1 aliphatic carbocycles. The molecular formula is C44H33BO. The van der Waals surface area contributed by atoms with Crippen LogP contribution in [0.1, 0.15) is 28.7 Å². The van der Waals surface area contributed by atoms with Gasteiger partial charge in [-0.3, -0.25) is 0 Å². The Morgan fingerprint density at radius 1 is 0.609 bits per heavy atom. The third kappa shape index (κ3) is 4.17. The van der Waals surface area contributed by atoms with Crippen molar-refractivity contribution in [1.29, 1.82) is 0 Å². The molecule has 0 radical (unpaired) electrons. The summed E-state index contributed by atoms with van der Waals surface area (Å²) in [6, 6.07) is 47.0. The summed E-state index contributed by atoms with van der Waals surface area (Å²) in [6.07, 6.45) is 6.75. The predicted molar refractivity (Wildman–Crippen MR) is 199 cm³/mol. The number of hydrogen-bond acceptors (Lipinski definition) is 1. The Bertz CT molecular complexity index is 2430. The van der Waals surface area contributed by atoms with Crippen LogP contribution >= 0.6 is 0 Å². The fourth-order valence-electron chi connectivity index (χ4n) is 7.97. The van der Waals surface area contributed by atoms with E-state index in [9.17, 15) is 0 Å². The zero-order valence-corrected chi connectivity index (χ0v) is 26.2. The summed E-state index contributed by atoms with van der Waals surface area (Å²) in [7, 11) is 0. The third-order valence-electron chi connectivity index (χ3n) is 10.1. The van der Waals surface area contributed by atoms with Gasteiger partial charge >= 0.3 is 0 Å². The highest BCUT2D eigenvalue weighted by molar-refractivity contribution is 6.98. The molecule has 46 heavy (non-hydrogen) atoms. The van der Waals surface area contributed by atoms with Crippen molar-refractivity contribution in [2.45, 2.75) is 26.7 Å². The highest BCUT2D eigenvalue weighted by atomic mass is 16.3. The van der Waals surface area contributed by atoms with E-state index in [0.717, 1.165) is 29.6 Å². The fraction of sp³-hybridized carbons (Fsp3) is 0.0909. The van der Waals surface area contributed by atoms with Crippen LogP contribution in [0.4, 0.5) is 0 Å². The third-order valence-corrected chi connectivity index (χ3v) is 10.1. The monoisotopic (exact) mass is 588 g/mol. The largest absolute Gasteiger partial charge is 0.455 e. The van der Waals surface area contributed by atoms with Gasteiger partial charge in [0.05, 0.1) is 0 Å². The van der Waals surface area contributed by atoms with Crippen LogP contribution in [0.5, 0.6) is 0 Å². The standard InChI is InChI=1S/C44H33BO/c1-28-21-23-31-12-4-7-17-36(31)42(28)45(43-29(2)22-24-32-13-5-8-18-37(32)43)34-15-9-14-33(27-34)38-19-10-20-39-41-35-16-6-3-11-30(35)25-26-40(41)46-44(38)39/h4-10,12-27H,3,11H2,1-2H3. The van der Waals surface area contributed by atoms with Gasteiger partial charge < -0.3 is 4.42 Å². The van der Waals surface area contributed by atoms with E-state index in [4.69, 9.17) is 4.42 Å². The number of furan rings is 1. The van der Waals surface area contributed by atoms with Crippen molar-refractivity contribution in [3.8, 4) is 11.1 Å². The van der Waals surface area contributed by atoms with Crippen LogP contribution < -0.4 is 16.4 Å². The minimum atomic E-state index is 0.0455. The Morgan fingerprint density at radius 2 is 1.28 bits per heavy atom. The first-order valence-corrected chi connectivity index (χ1v) is 16.4. The van der Waals surface area contributed by atoms with Gasteiger partial charge in [-0.25, -0.2) is 0 Å². The highest BCUT2D eigenvalue weighted by Crippen LogP contribution is 2.39. The van der Waals surface area contributed by atoms with Gasteiger partial charge in [-0.15, -0.1) is 0 Å².